The van der Waals surface area contributed by atoms with E-state index >= 15 is 0 Å². The van der Waals surface area contributed by atoms with Gasteiger partial charge in [0, 0.05) is 10.7 Å². The maximum atomic E-state index is 9.62. The molecule has 0 aliphatic rings. The van der Waals surface area contributed by atoms with Crippen molar-refractivity contribution in [3.05, 3.63) is 46.0 Å². The third-order valence-corrected chi connectivity index (χ3v) is 3.76. The third kappa shape index (κ3) is 2.70. The summed E-state index contributed by atoms with van der Waals surface area (Å²) in [7, 11) is 0. The monoisotopic (exact) mass is 315 g/mol. The Labute approximate surface area is 111 Å². The molecule has 1 heterocycles. The molecule has 2 nitrogen and oxygen atoms in total. The van der Waals surface area contributed by atoms with Crippen LogP contribution in [0.2, 0.25) is 5.02 Å². The fourth-order valence-corrected chi connectivity index (χ4v) is 2.66. The van der Waals surface area contributed by atoms with Crippen LogP contribution in [0, 0.1) is 0 Å². The summed E-state index contributed by atoms with van der Waals surface area (Å²) in [4.78, 5) is 4.92. The number of halogens is 2. The molecule has 0 aliphatic carbocycles. The van der Waals surface area contributed by atoms with Crippen LogP contribution in [0.25, 0.3) is 0 Å². The summed E-state index contributed by atoms with van der Waals surface area (Å²) in [5.41, 5.74) is 0. The number of hydrogen-bond acceptors (Lipinski definition) is 3. The van der Waals surface area contributed by atoms with Crippen LogP contribution in [-0.4, -0.2) is 10.1 Å². The van der Waals surface area contributed by atoms with Crippen LogP contribution < -0.4 is 0 Å². The second-order valence-electron chi connectivity index (χ2n) is 3.01. The van der Waals surface area contributed by atoms with Crippen LogP contribution in [0.3, 0.4) is 0 Å². The summed E-state index contributed by atoms with van der Waals surface area (Å²) in [6, 6.07) is 8.86. The summed E-state index contributed by atoms with van der Waals surface area (Å²) in [6.07, 6.45) is 1.67. The number of para-hydroxylation sites is 1. The molecule has 1 aromatic heterocycles. The van der Waals surface area contributed by atoms with Gasteiger partial charge in [-0.1, -0.05) is 35.5 Å². The number of hydrogen-bond donors (Lipinski definition) is 1. The van der Waals surface area contributed by atoms with Gasteiger partial charge in [0.1, 0.15) is 10.8 Å². The maximum Gasteiger partial charge on any atom is 0.129 e. The first-order chi connectivity index (χ1) is 7.66. The molecular weight excluding hydrogens is 310 g/mol. The van der Waals surface area contributed by atoms with Crippen LogP contribution in [0.4, 0.5) is 0 Å². The number of aromatic hydroxyl groups is 1. The van der Waals surface area contributed by atoms with Crippen molar-refractivity contribution in [1.29, 1.82) is 0 Å². The lowest BCUT2D eigenvalue weighted by Crippen LogP contribution is -1.82. The van der Waals surface area contributed by atoms with E-state index in [-0.39, 0.29) is 5.75 Å². The van der Waals surface area contributed by atoms with E-state index < -0.39 is 0 Å². The quantitative estimate of drug-likeness (QED) is 0.894. The minimum absolute atomic E-state index is 0.230. The van der Waals surface area contributed by atoms with Crippen molar-refractivity contribution in [2.24, 2.45) is 0 Å². The molecule has 1 aromatic carbocycles. The molecule has 82 valence electrons. The predicted molar refractivity (Wildman–Crippen MR) is 69.2 cm³/mol. The summed E-state index contributed by atoms with van der Waals surface area (Å²) >= 11 is 10.7. The largest absolute Gasteiger partial charge is 0.507 e. The van der Waals surface area contributed by atoms with E-state index in [1.165, 1.54) is 11.8 Å². The van der Waals surface area contributed by atoms with Gasteiger partial charge in [-0.25, -0.2) is 4.98 Å². The van der Waals surface area contributed by atoms with Crippen molar-refractivity contribution in [2.45, 2.75) is 9.92 Å². The van der Waals surface area contributed by atoms with Crippen LogP contribution in [0.15, 0.2) is 50.9 Å². The molecule has 2 rings (SSSR count). The summed E-state index contributed by atoms with van der Waals surface area (Å²) in [5.74, 6) is 0.230. The first kappa shape index (κ1) is 11.8. The third-order valence-electron chi connectivity index (χ3n) is 1.85. The van der Waals surface area contributed by atoms with Gasteiger partial charge in [-0.15, -0.1) is 0 Å². The van der Waals surface area contributed by atoms with E-state index in [1.54, 1.807) is 24.4 Å². The van der Waals surface area contributed by atoms with Crippen molar-refractivity contribution in [2.75, 3.05) is 0 Å². The van der Waals surface area contributed by atoms with Crippen LogP contribution >= 0.6 is 39.3 Å². The van der Waals surface area contributed by atoms with Crippen molar-refractivity contribution in [1.82, 2.24) is 4.98 Å². The van der Waals surface area contributed by atoms with Crippen LogP contribution in [0.5, 0.6) is 5.75 Å². The van der Waals surface area contributed by atoms with Gasteiger partial charge < -0.3 is 5.11 Å². The number of aromatic nitrogens is 1. The molecule has 0 saturated carbocycles. The molecule has 0 amide bonds. The smallest absolute Gasteiger partial charge is 0.129 e. The Hall–Kier alpha value is -0.710. The number of phenolic OH excluding ortho intramolecular Hbond substituents is 1. The average molecular weight is 317 g/mol. The summed E-state index contributed by atoms with van der Waals surface area (Å²) in [5, 5.41) is 10.8. The Morgan fingerprint density at radius 1 is 1.31 bits per heavy atom. The van der Waals surface area contributed by atoms with Crippen LogP contribution in [-0.2, 0) is 0 Å². The highest BCUT2D eigenvalue weighted by Gasteiger charge is 2.07. The molecule has 0 fully saturated rings. The molecule has 0 saturated heterocycles. The first-order valence-electron chi connectivity index (χ1n) is 4.44. The number of nitrogens with zero attached hydrogens (tertiary/aromatic N) is 1. The number of benzene rings is 1. The fraction of sp³-hybridized carbons (Fsp3) is 0. The lowest BCUT2D eigenvalue weighted by Gasteiger charge is -2.04. The second kappa shape index (κ2) is 5.08. The Balaban J connectivity index is 2.31. The highest BCUT2D eigenvalue weighted by atomic mass is 79.9. The number of rotatable bonds is 2. The Morgan fingerprint density at radius 3 is 2.75 bits per heavy atom. The Morgan fingerprint density at radius 2 is 2.06 bits per heavy atom. The van der Waals surface area contributed by atoms with E-state index in [0.717, 1.165) is 9.37 Å². The topological polar surface area (TPSA) is 33.1 Å². The van der Waals surface area contributed by atoms with E-state index in [0.29, 0.717) is 10.0 Å². The van der Waals surface area contributed by atoms with Crippen LogP contribution in [0.1, 0.15) is 0 Å². The highest BCUT2D eigenvalue weighted by molar-refractivity contribution is 9.10. The van der Waals surface area contributed by atoms with Gasteiger partial charge in [0.2, 0.25) is 0 Å². The van der Waals surface area contributed by atoms with Crippen molar-refractivity contribution < 1.29 is 5.11 Å². The Bertz CT molecular complexity index is 521. The fourth-order valence-electron chi connectivity index (χ4n) is 1.12. The molecule has 1 N–H and O–H groups in total. The molecule has 5 heteroatoms. The van der Waals surface area contributed by atoms with Gasteiger partial charge in [0.25, 0.3) is 0 Å². The standard InChI is InChI=1S/C11H7BrClNOS/c12-7-5-8(13)11(14-6-7)16-10-4-2-1-3-9(10)15/h1-6,15H. The van der Waals surface area contributed by atoms with Gasteiger partial charge in [-0.05, 0) is 34.1 Å². The predicted octanol–water partition coefficient (Wildman–Crippen LogP) is 4.35. The minimum Gasteiger partial charge on any atom is -0.507 e. The highest BCUT2D eigenvalue weighted by Crippen LogP contribution is 2.36. The molecule has 16 heavy (non-hydrogen) atoms. The zero-order valence-corrected chi connectivity index (χ0v) is 11.2. The number of phenols is 1. The molecule has 0 atom stereocenters. The molecule has 0 radical (unpaired) electrons. The van der Waals surface area contributed by atoms with Crippen molar-refractivity contribution >= 4 is 39.3 Å². The van der Waals surface area contributed by atoms with Gasteiger partial charge in [0.05, 0.1) is 9.92 Å². The lowest BCUT2D eigenvalue weighted by molar-refractivity contribution is 0.462. The first-order valence-corrected chi connectivity index (χ1v) is 6.42. The van der Waals surface area contributed by atoms with Gasteiger partial charge in [-0.2, -0.15) is 0 Å². The van der Waals surface area contributed by atoms with E-state index in [9.17, 15) is 5.11 Å². The van der Waals surface area contributed by atoms with E-state index in [4.69, 9.17) is 11.6 Å². The van der Waals surface area contributed by atoms with Gasteiger partial charge in [-0.3, -0.25) is 0 Å². The van der Waals surface area contributed by atoms with Crippen molar-refractivity contribution in [3.8, 4) is 5.75 Å². The average Bonchev–Trinajstić information content (AvgIpc) is 2.25. The minimum atomic E-state index is 0.230. The van der Waals surface area contributed by atoms with Gasteiger partial charge in [0.15, 0.2) is 0 Å². The lowest BCUT2D eigenvalue weighted by atomic mass is 10.3. The summed E-state index contributed by atoms with van der Waals surface area (Å²) < 4.78 is 0.833. The molecule has 2 aromatic rings. The van der Waals surface area contributed by atoms with Crippen molar-refractivity contribution in [3.63, 3.8) is 0 Å². The molecular formula is C11H7BrClNOS. The maximum absolute atomic E-state index is 9.62. The molecule has 0 bridgehead atoms. The molecule has 0 spiro atoms. The zero-order valence-electron chi connectivity index (χ0n) is 8.02. The SMILES string of the molecule is Oc1ccccc1Sc1ncc(Br)cc1Cl. The molecule has 0 unspecified atom stereocenters. The summed E-state index contributed by atoms with van der Waals surface area (Å²) in [6.45, 7) is 0. The molecule has 0 aliphatic heterocycles. The normalized spacial score (nSPS) is 10.4. The zero-order chi connectivity index (χ0) is 11.5. The second-order valence-corrected chi connectivity index (χ2v) is 5.36. The van der Waals surface area contributed by atoms with E-state index in [2.05, 4.69) is 20.9 Å². The number of pyridine rings is 1. The Kier molecular flexibility index (Phi) is 3.74. The van der Waals surface area contributed by atoms with Gasteiger partial charge >= 0.3 is 0 Å². The van der Waals surface area contributed by atoms with E-state index in [1.807, 2.05) is 12.1 Å².